The summed E-state index contributed by atoms with van der Waals surface area (Å²) in [6.07, 6.45) is 1.41. The number of aliphatic hydroxyl groups excluding tert-OH is 1. The smallest absolute Gasteiger partial charge is 0.320 e. The molecular formula is C13H23N3O4. The number of hydrogen-bond acceptors (Lipinski definition) is 4. The first-order valence-electron chi connectivity index (χ1n) is 7.21. The molecule has 2 saturated heterocycles. The Morgan fingerprint density at radius 3 is 2.35 bits per heavy atom. The predicted molar refractivity (Wildman–Crippen MR) is 72.4 cm³/mol. The van der Waals surface area contributed by atoms with Crippen molar-refractivity contribution in [1.82, 2.24) is 14.7 Å². The van der Waals surface area contributed by atoms with Crippen LogP contribution >= 0.6 is 0 Å². The van der Waals surface area contributed by atoms with Crippen LogP contribution in [0.3, 0.4) is 0 Å². The number of urea groups is 1. The highest BCUT2D eigenvalue weighted by atomic mass is 16.4. The third-order valence-electron chi connectivity index (χ3n) is 4.10. The lowest BCUT2D eigenvalue weighted by atomic mass is 9.98. The number of rotatable bonds is 3. The van der Waals surface area contributed by atoms with E-state index in [9.17, 15) is 9.59 Å². The van der Waals surface area contributed by atoms with Crippen molar-refractivity contribution in [1.29, 1.82) is 0 Å². The summed E-state index contributed by atoms with van der Waals surface area (Å²) in [5.41, 5.74) is 0. The number of hydrogen-bond donors (Lipinski definition) is 2. The molecule has 0 aromatic carbocycles. The number of amides is 2. The molecule has 0 radical (unpaired) electrons. The highest BCUT2D eigenvalue weighted by molar-refractivity contribution is 5.76. The van der Waals surface area contributed by atoms with Gasteiger partial charge in [-0.2, -0.15) is 0 Å². The van der Waals surface area contributed by atoms with Gasteiger partial charge in [0.2, 0.25) is 0 Å². The second kappa shape index (κ2) is 6.90. The first-order valence-corrected chi connectivity index (χ1v) is 7.21. The molecule has 2 rings (SSSR count). The van der Waals surface area contributed by atoms with E-state index in [1.54, 1.807) is 9.80 Å². The summed E-state index contributed by atoms with van der Waals surface area (Å²) in [5.74, 6) is -1.24. The quantitative estimate of drug-likeness (QED) is 0.731. The average molecular weight is 285 g/mol. The molecule has 114 valence electrons. The van der Waals surface area contributed by atoms with E-state index in [1.807, 2.05) is 0 Å². The number of aliphatic carboxylic acids is 1. The maximum Gasteiger partial charge on any atom is 0.320 e. The lowest BCUT2D eigenvalue weighted by molar-refractivity contribution is -0.143. The van der Waals surface area contributed by atoms with E-state index in [0.717, 1.165) is 19.5 Å². The van der Waals surface area contributed by atoms with Gasteiger partial charge in [-0.15, -0.1) is 0 Å². The summed E-state index contributed by atoms with van der Waals surface area (Å²) in [4.78, 5) is 29.0. The number of carboxylic acids is 1. The van der Waals surface area contributed by atoms with Gasteiger partial charge in [-0.05, 0) is 12.8 Å². The molecule has 7 nitrogen and oxygen atoms in total. The molecule has 0 saturated carbocycles. The maximum atomic E-state index is 12.4. The Bertz CT molecular complexity index is 356. The second-order valence-corrected chi connectivity index (χ2v) is 5.46. The van der Waals surface area contributed by atoms with Crippen molar-refractivity contribution in [3.05, 3.63) is 0 Å². The van der Waals surface area contributed by atoms with Gasteiger partial charge in [-0.1, -0.05) is 0 Å². The fourth-order valence-corrected chi connectivity index (χ4v) is 2.86. The second-order valence-electron chi connectivity index (χ2n) is 5.46. The van der Waals surface area contributed by atoms with Crippen LogP contribution in [0.5, 0.6) is 0 Å². The van der Waals surface area contributed by atoms with Crippen molar-refractivity contribution >= 4 is 12.0 Å². The zero-order valence-electron chi connectivity index (χ0n) is 11.7. The van der Waals surface area contributed by atoms with E-state index in [0.29, 0.717) is 39.1 Å². The van der Waals surface area contributed by atoms with Gasteiger partial charge in [0.1, 0.15) is 0 Å². The fourth-order valence-electron chi connectivity index (χ4n) is 2.86. The summed E-state index contributed by atoms with van der Waals surface area (Å²) in [6, 6.07) is -0.0420. The highest BCUT2D eigenvalue weighted by Gasteiger charge is 2.31. The Balaban J connectivity index is 1.84. The van der Waals surface area contributed by atoms with Gasteiger partial charge in [0.25, 0.3) is 0 Å². The topological polar surface area (TPSA) is 84.3 Å². The summed E-state index contributed by atoms with van der Waals surface area (Å²) in [6.45, 7) is 4.59. The van der Waals surface area contributed by atoms with Crippen LogP contribution in [0, 0.1) is 5.92 Å². The van der Waals surface area contributed by atoms with Crippen molar-refractivity contribution in [2.75, 3.05) is 52.4 Å². The maximum absolute atomic E-state index is 12.4. The van der Waals surface area contributed by atoms with Crippen molar-refractivity contribution in [3.63, 3.8) is 0 Å². The minimum atomic E-state index is -0.810. The lowest BCUT2D eigenvalue weighted by Gasteiger charge is -2.39. The minimum Gasteiger partial charge on any atom is -0.481 e. The summed E-state index contributed by atoms with van der Waals surface area (Å²) in [7, 11) is 0. The monoisotopic (exact) mass is 285 g/mol. The van der Waals surface area contributed by atoms with Crippen LogP contribution in [-0.2, 0) is 4.79 Å². The number of carbonyl (C=O) groups excluding carboxylic acids is 1. The molecule has 0 aromatic heterocycles. The first kappa shape index (κ1) is 15.1. The number of carboxylic acid groups (broad SMARTS) is 1. The zero-order chi connectivity index (χ0) is 14.5. The fraction of sp³-hybridized carbons (Fsp3) is 0.846. The molecule has 2 fully saturated rings. The average Bonchev–Trinajstić information content (AvgIpc) is 2.48. The molecule has 20 heavy (non-hydrogen) atoms. The van der Waals surface area contributed by atoms with E-state index in [1.165, 1.54) is 0 Å². The molecule has 0 bridgehead atoms. The van der Waals surface area contributed by atoms with E-state index in [4.69, 9.17) is 10.2 Å². The number of nitrogens with zero attached hydrogens (tertiary/aromatic N) is 3. The Labute approximate surface area is 118 Å². The number of carbonyl (C=O) groups is 2. The molecule has 0 spiro atoms. The number of piperidine rings is 1. The highest BCUT2D eigenvalue weighted by Crippen LogP contribution is 2.18. The molecule has 2 heterocycles. The van der Waals surface area contributed by atoms with Gasteiger partial charge in [0.05, 0.1) is 12.5 Å². The number of aliphatic hydroxyl groups is 1. The van der Waals surface area contributed by atoms with Gasteiger partial charge in [-0.3, -0.25) is 9.69 Å². The van der Waals surface area contributed by atoms with E-state index >= 15 is 0 Å². The van der Waals surface area contributed by atoms with E-state index in [2.05, 4.69) is 4.90 Å². The van der Waals surface area contributed by atoms with Crippen molar-refractivity contribution in [3.8, 4) is 0 Å². The Kier molecular flexibility index (Phi) is 5.19. The number of likely N-dealkylation sites (tertiary alicyclic amines) is 1. The van der Waals surface area contributed by atoms with Crippen LogP contribution in [-0.4, -0.2) is 89.3 Å². The summed E-state index contributed by atoms with van der Waals surface area (Å²) in [5, 5.41) is 18.0. The summed E-state index contributed by atoms with van der Waals surface area (Å²) >= 11 is 0. The Morgan fingerprint density at radius 1 is 1.05 bits per heavy atom. The van der Waals surface area contributed by atoms with Crippen LogP contribution in [0.4, 0.5) is 4.79 Å². The standard InChI is InChI=1S/C13H23N3O4/c17-9-8-14-4-6-15(7-5-14)13(20)16-3-1-2-11(10-16)12(18)19/h11,17H,1-10H2,(H,18,19)/t11-/m0/s1. The predicted octanol–water partition coefficient (Wildman–Crippen LogP) is -0.487. The van der Waals surface area contributed by atoms with Gasteiger partial charge in [-0.25, -0.2) is 4.79 Å². The molecule has 2 aliphatic rings. The molecule has 7 heteroatoms. The molecule has 0 aromatic rings. The Hall–Kier alpha value is -1.34. The SMILES string of the molecule is O=C(O)[C@H]1CCCN(C(=O)N2CCN(CCO)CC2)C1. The van der Waals surface area contributed by atoms with E-state index < -0.39 is 11.9 Å². The normalized spacial score (nSPS) is 24.8. The van der Waals surface area contributed by atoms with Crippen LogP contribution in [0.15, 0.2) is 0 Å². The first-order chi connectivity index (χ1) is 9.61. The van der Waals surface area contributed by atoms with Gasteiger partial charge >= 0.3 is 12.0 Å². The molecule has 1 atom stereocenters. The molecule has 2 N–H and O–H groups in total. The number of β-amino-alcohol motifs (C(OH)–C–C–N with tert-alkyl or cyclic N) is 1. The molecule has 0 aliphatic carbocycles. The summed E-state index contributed by atoms with van der Waals surface area (Å²) < 4.78 is 0. The van der Waals surface area contributed by atoms with Crippen LogP contribution in [0.2, 0.25) is 0 Å². The molecule has 2 amide bonds. The van der Waals surface area contributed by atoms with Crippen LogP contribution in [0.25, 0.3) is 0 Å². The number of piperazine rings is 1. The van der Waals surface area contributed by atoms with Gasteiger partial charge in [0, 0.05) is 45.8 Å². The molecule has 2 aliphatic heterocycles. The van der Waals surface area contributed by atoms with Crippen molar-refractivity contribution in [2.45, 2.75) is 12.8 Å². The van der Waals surface area contributed by atoms with Gasteiger partial charge < -0.3 is 20.0 Å². The minimum absolute atomic E-state index is 0.0420. The Morgan fingerprint density at radius 2 is 1.75 bits per heavy atom. The largest absolute Gasteiger partial charge is 0.481 e. The van der Waals surface area contributed by atoms with Crippen LogP contribution in [0.1, 0.15) is 12.8 Å². The molecular weight excluding hydrogens is 262 g/mol. The van der Waals surface area contributed by atoms with Crippen LogP contribution < -0.4 is 0 Å². The van der Waals surface area contributed by atoms with Gasteiger partial charge in [0.15, 0.2) is 0 Å². The third-order valence-corrected chi connectivity index (χ3v) is 4.10. The zero-order valence-corrected chi connectivity index (χ0v) is 11.7. The lowest BCUT2D eigenvalue weighted by Crippen LogP contribution is -2.55. The van der Waals surface area contributed by atoms with E-state index in [-0.39, 0.29) is 12.6 Å². The van der Waals surface area contributed by atoms with Crippen molar-refractivity contribution < 1.29 is 19.8 Å². The van der Waals surface area contributed by atoms with Crippen molar-refractivity contribution in [2.24, 2.45) is 5.92 Å². The molecule has 0 unspecified atom stereocenters. The third kappa shape index (κ3) is 3.61.